The molecule has 1 aromatic carbocycles. The minimum atomic E-state index is -0.490. The van der Waals surface area contributed by atoms with Gasteiger partial charge in [-0.05, 0) is 63.8 Å². The first-order chi connectivity index (χ1) is 9.42. The van der Waals surface area contributed by atoms with Crippen molar-refractivity contribution in [1.29, 1.82) is 0 Å². The van der Waals surface area contributed by atoms with Crippen molar-refractivity contribution in [1.82, 2.24) is 0 Å². The molecule has 0 unspecified atom stereocenters. The number of nitrogens with one attached hydrogen (secondary N) is 1. The third-order valence-corrected chi connectivity index (χ3v) is 3.36. The summed E-state index contributed by atoms with van der Waals surface area (Å²) < 4.78 is 5.88. The Kier molecular flexibility index (Phi) is 4.65. The second-order valence-corrected chi connectivity index (χ2v) is 6.26. The topological polar surface area (TPSA) is 64.4 Å². The van der Waals surface area contributed by atoms with Gasteiger partial charge in [0.2, 0.25) is 5.91 Å². The Morgan fingerprint density at radius 3 is 2.45 bits per heavy atom. The lowest BCUT2D eigenvalue weighted by Crippen LogP contribution is -2.36. The minimum absolute atomic E-state index is 0.0676. The predicted molar refractivity (Wildman–Crippen MR) is 80.8 cm³/mol. The molecule has 1 fully saturated rings. The number of amides is 1. The maximum Gasteiger partial charge on any atom is 0.226 e. The zero-order valence-electron chi connectivity index (χ0n) is 12.3. The Morgan fingerprint density at radius 1 is 1.30 bits per heavy atom. The highest BCUT2D eigenvalue weighted by atomic mass is 16.5. The lowest BCUT2D eigenvalue weighted by molar-refractivity contribution is -0.117. The lowest BCUT2D eigenvalue weighted by Gasteiger charge is -2.18. The van der Waals surface area contributed by atoms with Gasteiger partial charge in [0.25, 0.3) is 0 Å². The van der Waals surface area contributed by atoms with Crippen molar-refractivity contribution in [3.8, 4) is 5.75 Å². The van der Waals surface area contributed by atoms with Crippen molar-refractivity contribution in [3.63, 3.8) is 0 Å². The van der Waals surface area contributed by atoms with Crippen molar-refractivity contribution in [2.24, 2.45) is 5.73 Å². The smallest absolute Gasteiger partial charge is 0.226 e. The molecular weight excluding hydrogens is 252 g/mol. The maximum atomic E-state index is 11.8. The molecule has 3 N–H and O–H groups in total. The molecule has 0 spiro atoms. The van der Waals surface area contributed by atoms with E-state index in [0.717, 1.165) is 24.3 Å². The zero-order valence-corrected chi connectivity index (χ0v) is 12.3. The van der Waals surface area contributed by atoms with Gasteiger partial charge >= 0.3 is 0 Å². The molecule has 1 aromatic rings. The number of anilines is 1. The standard InChI is InChI=1S/C16H24N2O2/c1-16(2,17)11-15(19)18-12-7-9-14(10-8-12)20-13-5-3-4-6-13/h7-10,13H,3-6,11,17H2,1-2H3,(H,18,19). The van der Waals surface area contributed by atoms with Crippen LogP contribution < -0.4 is 15.8 Å². The molecule has 0 atom stereocenters. The van der Waals surface area contributed by atoms with Crippen molar-refractivity contribution >= 4 is 11.6 Å². The van der Waals surface area contributed by atoms with Crippen LogP contribution in [0.15, 0.2) is 24.3 Å². The number of benzene rings is 1. The Balaban J connectivity index is 1.86. The Bertz CT molecular complexity index is 443. The van der Waals surface area contributed by atoms with Gasteiger partial charge in [0, 0.05) is 17.6 Å². The van der Waals surface area contributed by atoms with Crippen LogP contribution >= 0.6 is 0 Å². The summed E-state index contributed by atoms with van der Waals surface area (Å²) in [6.07, 6.45) is 5.46. The van der Waals surface area contributed by atoms with Crippen LogP contribution in [0.3, 0.4) is 0 Å². The first-order valence-corrected chi connectivity index (χ1v) is 7.28. The number of rotatable bonds is 5. The van der Waals surface area contributed by atoms with Gasteiger partial charge < -0.3 is 15.8 Å². The van der Waals surface area contributed by atoms with Crippen LogP contribution in [0.5, 0.6) is 5.75 Å². The molecule has 4 heteroatoms. The molecular formula is C16H24N2O2. The van der Waals surface area contributed by atoms with Gasteiger partial charge in [-0.1, -0.05) is 0 Å². The fourth-order valence-corrected chi connectivity index (χ4v) is 2.43. The monoisotopic (exact) mass is 276 g/mol. The molecule has 0 saturated heterocycles. The van der Waals surface area contributed by atoms with Gasteiger partial charge in [-0.3, -0.25) is 4.79 Å². The van der Waals surface area contributed by atoms with E-state index in [2.05, 4.69) is 5.32 Å². The van der Waals surface area contributed by atoms with E-state index in [1.807, 2.05) is 38.1 Å². The van der Waals surface area contributed by atoms with Gasteiger partial charge in [-0.2, -0.15) is 0 Å². The summed E-state index contributed by atoms with van der Waals surface area (Å²) in [5, 5.41) is 2.84. The molecule has 0 aromatic heterocycles. The van der Waals surface area contributed by atoms with Crippen molar-refractivity contribution in [2.45, 2.75) is 57.6 Å². The van der Waals surface area contributed by atoms with Crippen molar-refractivity contribution < 1.29 is 9.53 Å². The van der Waals surface area contributed by atoms with Crippen LogP contribution in [0.25, 0.3) is 0 Å². The molecule has 0 heterocycles. The predicted octanol–water partition coefficient (Wildman–Crippen LogP) is 3.07. The van der Waals surface area contributed by atoms with Crippen molar-refractivity contribution in [2.75, 3.05) is 5.32 Å². The zero-order chi connectivity index (χ0) is 14.6. The highest BCUT2D eigenvalue weighted by molar-refractivity contribution is 5.91. The van der Waals surface area contributed by atoms with E-state index in [1.165, 1.54) is 12.8 Å². The molecule has 0 radical (unpaired) electrons. The van der Waals surface area contributed by atoms with Crippen molar-refractivity contribution in [3.05, 3.63) is 24.3 Å². The van der Waals surface area contributed by atoms with Gasteiger partial charge in [0.15, 0.2) is 0 Å². The Morgan fingerprint density at radius 2 is 1.90 bits per heavy atom. The molecule has 1 aliphatic rings. The van der Waals surface area contributed by atoms with E-state index < -0.39 is 5.54 Å². The van der Waals surface area contributed by atoms with E-state index in [4.69, 9.17) is 10.5 Å². The summed E-state index contributed by atoms with van der Waals surface area (Å²) in [6.45, 7) is 3.68. The van der Waals surface area contributed by atoms with E-state index in [1.54, 1.807) is 0 Å². The van der Waals surface area contributed by atoms with E-state index in [9.17, 15) is 4.79 Å². The van der Waals surface area contributed by atoms with Gasteiger partial charge in [0.1, 0.15) is 5.75 Å². The van der Waals surface area contributed by atoms with Gasteiger partial charge in [-0.15, -0.1) is 0 Å². The highest BCUT2D eigenvalue weighted by Crippen LogP contribution is 2.25. The summed E-state index contributed by atoms with van der Waals surface area (Å²) in [6, 6.07) is 7.54. The Labute approximate surface area is 120 Å². The average molecular weight is 276 g/mol. The molecule has 2 rings (SSSR count). The maximum absolute atomic E-state index is 11.8. The highest BCUT2D eigenvalue weighted by Gasteiger charge is 2.17. The van der Waals surface area contributed by atoms with E-state index in [-0.39, 0.29) is 5.91 Å². The molecule has 0 aliphatic heterocycles. The molecule has 0 bridgehead atoms. The normalized spacial score (nSPS) is 16.1. The van der Waals surface area contributed by atoms with Crippen LogP contribution in [-0.4, -0.2) is 17.6 Å². The van der Waals surface area contributed by atoms with E-state index >= 15 is 0 Å². The molecule has 1 amide bonds. The molecule has 1 saturated carbocycles. The summed E-state index contributed by atoms with van der Waals surface area (Å²) in [7, 11) is 0. The van der Waals surface area contributed by atoms with Crippen LogP contribution in [0.4, 0.5) is 5.69 Å². The molecule has 20 heavy (non-hydrogen) atoms. The van der Waals surface area contributed by atoms with Crippen LogP contribution in [0.1, 0.15) is 46.0 Å². The largest absolute Gasteiger partial charge is 0.490 e. The third kappa shape index (κ3) is 4.85. The number of carbonyl (C=O) groups excluding carboxylic acids is 1. The SMILES string of the molecule is CC(C)(N)CC(=O)Nc1ccc(OC2CCCC2)cc1. The molecule has 110 valence electrons. The van der Waals surface area contributed by atoms with Gasteiger partial charge in [0.05, 0.1) is 6.10 Å². The fraction of sp³-hybridized carbons (Fsp3) is 0.562. The number of hydrogen-bond acceptors (Lipinski definition) is 3. The number of hydrogen-bond donors (Lipinski definition) is 2. The van der Waals surface area contributed by atoms with E-state index in [0.29, 0.717) is 12.5 Å². The Hall–Kier alpha value is -1.55. The second-order valence-electron chi connectivity index (χ2n) is 6.26. The van der Waals surface area contributed by atoms with Crippen LogP contribution in [0.2, 0.25) is 0 Å². The summed E-state index contributed by atoms with van der Waals surface area (Å²) in [4.78, 5) is 11.8. The molecule has 1 aliphatic carbocycles. The lowest BCUT2D eigenvalue weighted by atomic mass is 10.0. The summed E-state index contributed by atoms with van der Waals surface area (Å²) in [5.74, 6) is 0.802. The number of nitrogens with two attached hydrogens (primary N) is 1. The average Bonchev–Trinajstić information content (AvgIpc) is 2.82. The number of ether oxygens (including phenoxy) is 1. The first kappa shape index (κ1) is 14.9. The van der Waals surface area contributed by atoms with Crippen LogP contribution in [0, 0.1) is 0 Å². The first-order valence-electron chi connectivity index (χ1n) is 7.28. The summed E-state index contributed by atoms with van der Waals surface area (Å²) in [5.41, 5.74) is 6.11. The molecule has 4 nitrogen and oxygen atoms in total. The third-order valence-electron chi connectivity index (χ3n) is 3.36. The fourth-order valence-electron chi connectivity index (χ4n) is 2.43. The quantitative estimate of drug-likeness (QED) is 0.868. The summed E-state index contributed by atoms with van der Waals surface area (Å²) >= 11 is 0. The number of carbonyl (C=O) groups is 1. The second kappa shape index (κ2) is 6.27. The van der Waals surface area contributed by atoms with Gasteiger partial charge in [-0.25, -0.2) is 0 Å². The van der Waals surface area contributed by atoms with Crippen LogP contribution in [-0.2, 0) is 4.79 Å². The minimum Gasteiger partial charge on any atom is -0.490 e.